The summed E-state index contributed by atoms with van der Waals surface area (Å²) in [6.45, 7) is 8.83. The van der Waals surface area contributed by atoms with Gasteiger partial charge in [-0.05, 0) is 66.5 Å². The Morgan fingerprint density at radius 2 is 2.06 bits per heavy atom. The summed E-state index contributed by atoms with van der Waals surface area (Å²) in [6.07, 6.45) is 4.89. The number of hydrogen-bond acceptors (Lipinski definition) is 7. The van der Waals surface area contributed by atoms with Crippen LogP contribution in [0.4, 0.5) is 9.18 Å². The summed E-state index contributed by atoms with van der Waals surface area (Å²) in [5, 5.41) is 10.8. The van der Waals surface area contributed by atoms with Gasteiger partial charge in [-0.25, -0.2) is 13.9 Å². The van der Waals surface area contributed by atoms with Crippen LogP contribution in [0.3, 0.4) is 0 Å². The van der Waals surface area contributed by atoms with Crippen molar-refractivity contribution in [1.29, 1.82) is 0 Å². The fraction of sp³-hybridized carbons (Fsp3) is 0.375. The van der Waals surface area contributed by atoms with Crippen LogP contribution in [0.2, 0.25) is 0 Å². The maximum absolute atomic E-state index is 14.4. The summed E-state index contributed by atoms with van der Waals surface area (Å²) in [7, 11) is 0. The molecule has 3 aromatic rings. The molecule has 0 bridgehead atoms. The fourth-order valence-corrected chi connectivity index (χ4v) is 3.65. The first-order valence-corrected chi connectivity index (χ1v) is 11.0. The minimum atomic E-state index is -0.522. The zero-order valence-corrected chi connectivity index (χ0v) is 19.6. The van der Waals surface area contributed by atoms with Crippen molar-refractivity contribution in [3.8, 4) is 11.4 Å². The molecule has 0 fully saturated rings. The zero-order valence-electron chi connectivity index (χ0n) is 19.6. The van der Waals surface area contributed by atoms with E-state index in [9.17, 15) is 9.18 Å². The fourth-order valence-electron chi connectivity index (χ4n) is 3.65. The van der Waals surface area contributed by atoms with E-state index in [1.54, 1.807) is 17.2 Å². The summed E-state index contributed by atoms with van der Waals surface area (Å²) >= 11 is 0. The van der Waals surface area contributed by atoms with E-state index in [0.717, 1.165) is 11.1 Å². The number of hydrogen-bond donors (Lipinski definition) is 0. The topological polar surface area (TPSA) is 95.3 Å². The van der Waals surface area contributed by atoms with Gasteiger partial charge in [0, 0.05) is 25.4 Å². The molecule has 9 nitrogen and oxygen atoms in total. The normalized spacial score (nSPS) is 16.2. The number of carbonyl (C=O) groups is 1. The molecule has 1 unspecified atom stereocenters. The number of nitrogens with zero attached hydrogens (tertiary/aromatic N) is 6. The van der Waals surface area contributed by atoms with Crippen LogP contribution >= 0.6 is 0 Å². The Kier molecular flexibility index (Phi) is 6.58. The van der Waals surface area contributed by atoms with Crippen molar-refractivity contribution in [1.82, 2.24) is 30.1 Å². The predicted octanol–water partition coefficient (Wildman–Crippen LogP) is 4.05. The standard InChI is InChI=1S/C24H27FN6O3/c1-16-13-30(23(32)34-24(2,3)4)10-9-20(16)17-5-6-18(26-12-17)14-33-22-8-7-19(11-21(22)25)31-15-27-28-29-31/h5-9,11-12,15-16H,10,13-14H2,1-4H3. The lowest BCUT2D eigenvalue weighted by atomic mass is 9.91. The van der Waals surface area contributed by atoms with Gasteiger partial charge in [-0.1, -0.05) is 19.1 Å². The second kappa shape index (κ2) is 9.58. The lowest BCUT2D eigenvalue weighted by Crippen LogP contribution is -2.41. The summed E-state index contributed by atoms with van der Waals surface area (Å²) < 4.78 is 26.8. The molecule has 34 heavy (non-hydrogen) atoms. The lowest BCUT2D eigenvalue weighted by Gasteiger charge is -2.33. The van der Waals surface area contributed by atoms with Crippen LogP contribution in [0, 0.1) is 11.7 Å². The number of benzene rings is 1. The van der Waals surface area contributed by atoms with Crippen molar-refractivity contribution in [2.75, 3.05) is 13.1 Å². The van der Waals surface area contributed by atoms with Crippen molar-refractivity contribution in [2.24, 2.45) is 5.92 Å². The molecular weight excluding hydrogens is 439 g/mol. The van der Waals surface area contributed by atoms with Crippen molar-refractivity contribution in [3.63, 3.8) is 0 Å². The van der Waals surface area contributed by atoms with Gasteiger partial charge in [0.25, 0.3) is 0 Å². The van der Waals surface area contributed by atoms with Gasteiger partial charge in [0.2, 0.25) is 0 Å². The van der Waals surface area contributed by atoms with Gasteiger partial charge in [-0.2, -0.15) is 0 Å². The molecular formula is C24H27FN6O3. The van der Waals surface area contributed by atoms with Gasteiger partial charge in [0.05, 0.1) is 11.4 Å². The van der Waals surface area contributed by atoms with Crippen molar-refractivity contribution >= 4 is 11.7 Å². The van der Waals surface area contributed by atoms with Gasteiger partial charge < -0.3 is 14.4 Å². The number of carbonyl (C=O) groups excluding carboxylic acids is 1. The summed E-state index contributed by atoms with van der Waals surface area (Å²) in [5.41, 5.74) is 2.76. The van der Waals surface area contributed by atoms with Crippen LogP contribution in [-0.2, 0) is 11.3 Å². The maximum Gasteiger partial charge on any atom is 0.410 e. The molecule has 1 aliphatic heterocycles. The van der Waals surface area contributed by atoms with E-state index in [1.165, 1.54) is 23.1 Å². The van der Waals surface area contributed by atoms with Crippen molar-refractivity contribution in [2.45, 2.75) is 39.9 Å². The molecule has 1 aliphatic rings. The molecule has 0 aliphatic carbocycles. The molecule has 0 saturated carbocycles. The van der Waals surface area contributed by atoms with Gasteiger partial charge in [0.15, 0.2) is 11.6 Å². The van der Waals surface area contributed by atoms with Crippen molar-refractivity contribution in [3.05, 3.63) is 66.0 Å². The van der Waals surface area contributed by atoms with Crippen molar-refractivity contribution < 1.29 is 18.7 Å². The van der Waals surface area contributed by atoms with Crippen LogP contribution in [0.15, 0.2) is 48.9 Å². The molecule has 1 atom stereocenters. The Morgan fingerprint density at radius 1 is 1.24 bits per heavy atom. The predicted molar refractivity (Wildman–Crippen MR) is 123 cm³/mol. The molecule has 0 N–H and O–H groups in total. The zero-order chi connectivity index (χ0) is 24.3. The molecule has 4 rings (SSSR count). The first-order chi connectivity index (χ1) is 16.2. The van der Waals surface area contributed by atoms with E-state index >= 15 is 0 Å². The third-order valence-electron chi connectivity index (χ3n) is 5.27. The average molecular weight is 467 g/mol. The molecule has 178 valence electrons. The number of pyridine rings is 1. The Bertz CT molecular complexity index is 1170. The molecule has 1 amide bonds. The molecule has 1 aromatic carbocycles. The highest BCUT2D eigenvalue weighted by Gasteiger charge is 2.27. The smallest absolute Gasteiger partial charge is 0.410 e. The maximum atomic E-state index is 14.4. The molecule has 3 heterocycles. The van der Waals surface area contributed by atoms with E-state index in [4.69, 9.17) is 9.47 Å². The average Bonchev–Trinajstić information content (AvgIpc) is 3.32. The number of aromatic nitrogens is 5. The van der Waals surface area contributed by atoms with Gasteiger partial charge >= 0.3 is 6.09 Å². The number of amides is 1. The van der Waals surface area contributed by atoms with E-state index in [1.807, 2.05) is 39.0 Å². The molecule has 10 heteroatoms. The lowest BCUT2D eigenvalue weighted by molar-refractivity contribution is 0.0251. The Morgan fingerprint density at radius 3 is 2.68 bits per heavy atom. The van der Waals surface area contributed by atoms with Gasteiger partial charge in [-0.3, -0.25) is 4.98 Å². The minimum Gasteiger partial charge on any atom is -0.484 e. The SMILES string of the molecule is CC1CN(C(=O)OC(C)(C)C)CC=C1c1ccc(COc2ccc(-n3cnnn3)cc2F)nc1. The second-order valence-corrected chi connectivity index (χ2v) is 9.14. The molecule has 0 saturated heterocycles. The second-order valence-electron chi connectivity index (χ2n) is 9.14. The van der Waals surface area contributed by atoms with Gasteiger partial charge in [0.1, 0.15) is 18.5 Å². The van der Waals surface area contributed by atoms with E-state index in [-0.39, 0.29) is 24.4 Å². The number of halogens is 1. The first kappa shape index (κ1) is 23.3. The van der Waals surface area contributed by atoms with E-state index in [2.05, 4.69) is 27.4 Å². The monoisotopic (exact) mass is 466 g/mol. The quantitative estimate of drug-likeness (QED) is 0.560. The highest BCUT2D eigenvalue weighted by atomic mass is 19.1. The van der Waals surface area contributed by atoms with Crippen LogP contribution < -0.4 is 4.74 Å². The largest absolute Gasteiger partial charge is 0.484 e. The molecule has 2 aromatic heterocycles. The number of tetrazole rings is 1. The summed E-state index contributed by atoms with van der Waals surface area (Å²) in [4.78, 5) is 18.5. The van der Waals surface area contributed by atoms with Gasteiger partial charge in [-0.15, -0.1) is 5.10 Å². The first-order valence-electron chi connectivity index (χ1n) is 11.0. The summed E-state index contributed by atoms with van der Waals surface area (Å²) in [6, 6.07) is 8.33. The highest BCUT2D eigenvalue weighted by Crippen LogP contribution is 2.28. The number of rotatable bonds is 5. The minimum absolute atomic E-state index is 0.119. The summed E-state index contributed by atoms with van der Waals surface area (Å²) in [5.74, 6) is -0.258. The number of ether oxygens (including phenoxy) is 2. The third kappa shape index (κ3) is 5.56. The van der Waals surface area contributed by atoms with Crippen LogP contribution in [0.5, 0.6) is 5.75 Å². The Hall–Kier alpha value is -3.82. The highest BCUT2D eigenvalue weighted by molar-refractivity contribution is 5.73. The van der Waals surface area contributed by atoms with E-state index in [0.29, 0.717) is 24.5 Å². The van der Waals surface area contributed by atoms with E-state index < -0.39 is 11.4 Å². The van der Waals surface area contributed by atoms with Crippen LogP contribution in [-0.4, -0.2) is 54.9 Å². The molecule has 0 spiro atoms. The van der Waals surface area contributed by atoms with Crippen LogP contribution in [0.25, 0.3) is 11.3 Å². The Balaban J connectivity index is 1.37. The third-order valence-corrected chi connectivity index (χ3v) is 5.27. The molecule has 0 radical (unpaired) electrons. The van der Waals surface area contributed by atoms with Crippen LogP contribution in [0.1, 0.15) is 39.0 Å². The Labute approximate surface area is 197 Å².